The molecule has 0 fully saturated rings. The minimum Gasteiger partial charge on any atom is -0.399 e. The molecule has 4 aromatic rings. The number of nitrogen functional groups attached to an aromatic ring is 2. The maximum absolute atomic E-state index is 6.13. The van der Waals surface area contributed by atoms with Gasteiger partial charge in [-0.25, -0.2) is 0 Å². The third-order valence-electron chi connectivity index (χ3n) is 12.2. The molecule has 0 heterocycles. The lowest BCUT2D eigenvalue weighted by atomic mass is 9.81. The summed E-state index contributed by atoms with van der Waals surface area (Å²) < 4.78 is 0. The third kappa shape index (κ3) is 15.9. The zero-order valence-corrected chi connectivity index (χ0v) is 35.4. The summed E-state index contributed by atoms with van der Waals surface area (Å²) in [7, 11) is 0. The van der Waals surface area contributed by atoms with Crippen LogP contribution in [0.1, 0.15) is 220 Å². The molecule has 0 aliphatic heterocycles. The molecular weight excluding hydrogens is 665 g/mol. The van der Waals surface area contributed by atoms with Gasteiger partial charge < -0.3 is 11.5 Å². The van der Waals surface area contributed by atoms with E-state index in [1.165, 1.54) is 181 Å². The van der Waals surface area contributed by atoms with Gasteiger partial charge in [0.25, 0.3) is 0 Å². The molecule has 55 heavy (non-hydrogen) atoms. The number of hydrogen-bond donors (Lipinski definition) is 2. The van der Waals surface area contributed by atoms with Crippen LogP contribution in [0.3, 0.4) is 0 Å². The van der Waals surface area contributed by atoms with Crippen molar-refractivity contribution in [3.05, 3.63) is 130 Å². The quantitative estimate of drug-likeness (QED) is 0.0430. The smallest absolute Gasteiger partial charge is 0.0314 e. The Hall–Kier alpha value is -3.52. The summed E-state index contributed by atoms with van der Waals surface area (Å²) in [6.07, 6.45) is 30.3. The van der Waals surface area contributed by atoms with Gasteiger partial charge in [-0.05, 0) is 76.9 Å². The van der Waals surface area contributed by atoms with E-state index in [-0.39, 0.29) is 0 Å². The minimum atomic E-state index is 0.406. The van der Waals surface area contributed by atoms with Crippen molar-refractivity contribution < 1.29 is 0 Å². The van der Waals surface area contributed by atoms with E-state index in [1.807, 2.05) is 0 Å². The fourth-order valence-corrected chi connectivity index (χ4v) is 8.70. The Morgan fingerprint density at radius 2 is 0.455 bits per heavy atom. The highest BCUT2D eigenvalue weighted by molar-refractivity contribution is 5.45. The van der Waals surface area contributed by atoms with Crippen molar-refractivity contribution in [3.63, 3.8) is 0 Å². The summed E-state index contributed by atoms with van der Waals surface area (Å²) >= 11 is 0. The van der Waals surface area contributed by atoms with Crippen LogP contribution in [0, 0.1) is 0 Å². The fourth-order valence-electron chi connectivity index (χ4n) is 8.70. The highest BCUT2D eigenvalue weighted by Gasteiger charge is 2.20. The zero-order chi connectivity index (χ0) is 38.9. The first-order chi connectivity index (χ1) is 27.0. The second kappa shape index (κ2) is 26.4. The van der Waals surface area contributed by atoms with Crippen molar-refractivity contribution in [2.45, 2.75) is 186 Å². The second-order valence-corrected chi connectivity index (χ2v) is 16.7. The molecule has 0 amide bonds. The van der Waals surface area contributed by atoms with Crippen molar-refractivity contribution in [1.29, 1.82) is 0 Å². The Morgan fingerprint density at radius 1 is 0.273 bits per heavy atom. The number of nitrogens with two attached hydrogens (primary N) is 2. The maximum Gasteiger partial charge on any atom is 0.0314 e. The van der Waals surface area contributed by atoms with E-state index >= 15 is 0 Å². The average molecular weight is 743 g/mol. The van der Waals surface area contributed by atoms with Gasteiger partial charge in [0.2, 0.25) is 0 Å². The van der Waals surface area contributed by atoms with Crippen molar-refractivity contribution in [1.82, 2.24) is 0 Å². The first-order valence-corrected chi connectivity index (χ1v) is 22.9. The number of benzene rings is 4. The van der Waals surface area contributed by atoms with Crippen LogP contribution in [-0.2, 0) is 0 Å². The lowest BCUT2D eigenvalue weighted by molar-refractivity contribution is 0.551. The molecule has 2 atom stereocenters. The van der Waals surface area contributed by atoms with Crippen molar-refractivity contribution >= 4 is 11.4 Å². The normalized spacial score (nSPS) is 13.1. The predicted molar refractivity (Wildman–Crippen MR) is 243 cm³/mol. The third-order valence-corrected chi connectivity index (χ3v) is 12.2. The molecule has 0 aromatic heterocycles. The summed E-state index contributed by atoms with van der Waals surface area (Å²) in [5.41, 5.74) is 22.5. The molecular formula is C53H78N2. The van der Waals surface area contributed by atoms with Gasteiger partial charge in [-0.15, -0.1) is 0 Å². The lowest BCUT2D eigenvalue weighted by Crippen LogP contribution is -2.06. The van der Waals surface area contributed by atoms with Crippen LogP contribution in [0.25, 0.3) is 0 Å². The number of rotatable bonds is 29. The first kappa shape index (κ1) is 44.2. The number of hydrogen-bond acceptors (Lipinski definition) is 2. The van der Waals surface area contributed by atoms with E-state index in [0.29, 0.717) is 17.8 Å². The molecule has 0 aliphatic carbocycles. The van der Waals surface area contributed by atoms with Gasteiger partial charge in [0.05, 0.1) is 0 Å². The Kier molecular flexibility index (Phi) is 21.2. The molecule has 0 saturated carbocycles. The largest absolute Gasteiger partial charge is 0.399 e. The maximum atomic E-state index is 6.13. The van der Waals surface area contributed by atoms with Gasteiger partial charge in [-0.2, -0.15) is 0 Å². The van der Waals surface area contributed by atoms with E-state index in [9.17, 15) is 0 Å². The van der Waals surface area contributed by atoms with Crippen LogP contribution in [0.2, 0.25) is 0 Å². The van der Waals surface area contributed by atoms with Crippen LogP contribution >= 0.6 is 0 Å². The Balaban J connectivity index is 1.54. The van der Waals surface area contributed by atoms with Gasteiger partial charge in [-0.1, -0.05) is 222 Å². The van der Waals surface area contributed by atoms with Crippen LogP contribution in [0.15, 0.2) is 97.1 Å². The molecule has 0 bridgehead atoms. The standard InChI is InChI=1S/C53H78N2/c1-4-7-10-13-16-17-20-23-24-51(43-27-31-45(32-28-43)52(25-21-18-14-11-8-5-2)47-35-39-49(54)40-36-47)44-29-33-46(34-30-44)53(26-22-19-15-12-9-6-3)48-37-41-50(55)42-38-48/h27-42,51-53H,4-26,54-55H2,1-3H3. The average Bonchev–Trinajstić information content (AvgIpc) is 3.21. The van der Waals surface area contributed by atoms with E-state index in [1.54, 1.807) is 0 Å². The highest BCUT2D eigenvalue weighted by Crippen LogP contribution is 2.37. The Morgan fingerprint density at radius 3 is 0.673 bits per heavy atom. The monoisotopic (exact) mass is 743 g/mol. The van der Waals surface area contributed by atoms with Gasteiger partial charge >= 0.3 is 0 Å². The summed E-state index contributed by atoms with van der Waals surface area (Å²) in [6.45, 7) is 6.90. The summed E-state index contributed by atoms with van der Waals surface area (Å²) in [4.78, 5) is 0. The minimum absolute atomic E-state index is 0.406. The number of unbranched alkanes of at least 4 members (excludes halogenated alkanes) is 17. The molecule has 4 aromatic carbocycles. The van der Waals surface area contributed by atoms with Gasteiger partial charge in [0, 0.05) is 29.1 Å². The summed E-state index contributed by atoms with van der Waals surface area (Å²) in [5.74, 6) is 1.22. The van der Waals surface area contributed by atoms with E-state index in [4.69, 9.17) is 11.5 Å². The summed E-state index contributed by atoms with van der Waals surface area (Å²) in [6, 6.07) is 36.9. The van der Waals surface area contributed by atoms with Crippen LogP contribution < -0.4 is 11.5 Å². The first-order valence-electron chi connectivity index (χ1n) is 22.9. The van der Waals surface area contributed by atoms with Crippen LogP contribution in [-0.4, -0.2) is 0 Å². The molecule has 300 valence electrons. The van der Waals surface area contributed by atoms with Gasteiger partial charge in [-0.3, -0.25) is 0 Å². The second-order valence-electron chi connectivity index (χ2n) is 16.7. The number of anilines is 2. The van der Waals surface area contributed by atoms with Gasteiger partial charge in [0.1, 0.15) is 0 Å². The molecule has 2 unspecified atom stereocenters. The molecule has 2 heteroatoms. The van der Waals surface area contributed by atoms with Crippen LogP contribution in [0.5, 0.6) is 0 Å². The Bertz CT molecular complexity index is 1410. The van der Waals surface area contributed by atoms with E-state index < -0.39 is 0 Å². The molecule has 4 rings (SSSR count). The molecule has 0 aliphatic rings. The SMILES string of the molecule is CCCCCCCCCCC(c1ccc(C(CCCCCCCC)c2ccc(N)cc2)cc1)c1ccc(C(CCCCCCCC)c2ccc(N)cc2)cc1. The molecule has 0 saturated heterocycles. The topological polar surface area (TPSA) is 52.0 Å². The van der Waals surface area contributed by atoms with Crippen LogP contribution in [0.4, 0.5) is 11.4 Å². The Labute approximate surface area is 338 Å². The lowest BCUT2D eigenvalue weighted by Gasteiger charge is -2.23. The van der Waals surface area contributed by atoms with Crippen molar-refractivity contribution in [2.24, 2.45) is 0 Å². The molecule has 0 radical (unpaired) electrons. The van der Waals surface area contributed by atoms with E-state index in [2.05, 4.69) is 118 Å². The highest BCUT2D eigenvalue weighted by atomic mass is 14.5. The molecule has 4 N–H and O–H groups in total. The molecule has 2 nitrogen and oxygen atoms in total. The van der Waals surface area contributed by atoms with Crippen molar-refractivity contribution in [2.75, 3.05) is 11.5 Å². The van der Waals surface area contributed by atoms with E-state index in [0.717, 1.165) is 11.4 Å². The summed E-state index contributed by atoms with van der Waals surface area (Å²) in [5, 5.41) is 0. The van der Waals surface area contributed by atoms with Crippen molar-refractivity contribution in [3.8, 4) is 0 Å². The van der Waals surface area contributed by atoms with Gasteiger partial charge in [0.15, 0.2) is 0 Å². The fraction of sp³-hybridized carbons (Fsp3) is 0.547. The zero-order valence-electron chi connectivity index (χ0n) is 35.4. The molecule has 0 spiro atoms. The predicted octanol–water partition coefficient (Wildman–Crippen LogP) is 16.3.